The Balaban J connectivity index is 2.22. The van der Waals surface area contributed by atoms with Crippen LogP contribution in [0.5, 0.6) is 0 Å². The monoisotopic (exact) mass is 590 g/mol. The van der Waals surface area contributed by atoms with Gasteiger partial charge in [0.1, 0.15) is 6.23 Å². The first-order valence-corrected chi connectivity index (χ1v) is 15.0. The zero-order valence-corrected chi connectivity index (χ0v) is 22.7. The van der Waals surface area contributed by atoms with Crippen molar-refractivity contribution in [2.45, 2.75) is 63.1 Å². The Morgan fingerprint density at radius 1 is 0.974 bits per heavy atom. The summed E-state index contributed by atoms with van der Waals surface area (Å²) in [5, 5.41) is 17.7. The van der Waals surface area contributed by atoms with E-state index in [0.717, 1.165) is 10.6 Å². The minimum atomic E-state index is -4.60. The smallest absolute Gasteiger partial charge is 0.396 e. The molecular formula is C20H36N2O14P2. The highest BCUT2D eigenvalue weighted by Gasteiger charge is 2.40. The largest absolute Gasteiger partial charge is 0.472 e. The van der Waals surface area contributed by atoms with Crippen LogP contribution in [0.25, 0.3) is 0 Å². The van der Waals surface area contributed by atoms with Crippen LogP contribution in [0.1, 0.15) is 44.8 Å². The van der Waals surface area contributed by atoms with Crippen LogP contribution in [0.15, 0.2) is 21.9 Å². The standard InChI is InChI=1S/C20H36N2O14P2/c1-31-16-13-19(22-7-6-18(25)21-20(22)26)35-15(14-34-37(27,28)32-10-4-2-8-23)12-17(16)36-38(29,30)33-11-5-3-9-24/h6-7,15-17,19,23-24H,2-5,8-14H2,1H3,(H,27,28)(H,29,30)(H,21,25,26)/t15-,16+,17-,19+/m0/s1. The van der Waals surface area contributed by atoms with Crippen LogP contribution in [-0.4, -0.2) is 88.0 Å². The number of rotatable bonds is 17. The van der Waals surface area contributed by atoms with E-state index in [9.17, 15) is 28.5 Å². The summed E-state index contributed by atoms with van der Waals surface area (Å²) >= 11 is 0. The molecule has 0 bridgehead atoms. The molecule has 0 aliphatic carbocycles. The second kappa shape index (κ2) is 16.1. The van der Waals surface area contributed by atoms with Crippen molar-refractivity contribution in [3.05, 3.63) is 33.1 Å². The number of aliphatic hydroxyl groups excluding tert-OH is 2. The van der Waals surface area contributed by atoms with Gasteiger partial charge in [-0.2, -0.15) is 0 Å². The number of nitrogens with zero attached hydrogens (tertiary/aromatic N) is 1. The Morgan fingerprint density at radius 3 is 2.18 bits per heavy atom. The van der Waals surface area contributed by atoms with Crippen LogP contribution in [0, 0.1) is 0 Å². The van der Waals surface area contributed by atoms with E-state index in [1.54, 1.807) is 0 Å². The SMILES string of the molecule is CO[C@@H]1C[C@H](n2ccc(=O)[nH]c2=O)O[C@H](COP(=O)(O)OCCCCO)C[C@@H]1OP(=O)(O)OCCCCO. The lowest BCUT2D eigenvalue weighted by Gasteiger charge is -2.27. The average Bonchev–Trinajstić information content (AvgIpc) is 3.02. The highest BCUT2D eigenvalue weighted by atomic mass is 31.2. The summed E-state index contributed by atoms with van der Waals surface area (Å²) in [7, 11) is -7.81. The van der Waals surface area contributed by atoms with E-state index in [4.69, 9.17) is 37.8 Å². The summed E-state index contributed by atoms with van der Waals surface area (Å²) in [6.45, 7) is -1.06. The van der Waals surface area contributed by atoms with Gasteiger partial charge in [-0.05, 0) is 25.7 Å². The van der Waals surface area contributed by atoms with Crippen molar-refractivity contribution in [1.82, 2.24) is 9.55 Å². The van der Waals surface area contributed by atoms with Gasteiger partial charge in [0.15, 0.2) is 0 Å². The van der Waals surface area contributed by atoms with Gasteiger partial charge < -0.3 is 29.5 Å². The molecular weight excluding hydrogens is 554 g/mol. The second-order valence-electron chi connectivity index (χ2n) is 8.38. The Hall–Kier alpha value is -1.26. The van der Waals surface area contributed by atoms with Gasteiger partial charge in [-0.25, -0.2) is 13.9 Å². The van der Waals surface area contributed by atoms with E-state index in [2.05, 4.69) is 4.98 Å². The van der Waals surface area contributed by atoms with Crippen LogP contribution in [0.3, 0.4) is 0 Å². The first-order chi connectivity index (χ1) is 18.0. The molecule has 18 heteroatoms. The van der Waals surface area contributed by atoms with E-state index < -0.39 is 58.0 Å². The lowest BCUT2D eigenvalue weighted by molar-refractivity contribution is -0.0794. The van der Waals surface area contributed by atoms with Crippen molar-refractivity contribution < 1.29 is 56.7 Å². The van der Waals surface area contributed by atoms with Gasteiger partial charge in [0.05, 0.1) is 38.1 Å². The van der Waals surface area contributed by atoms with Crippen LogP contribution in [0.2, 0.25) is 0 Å². The highest BCUT2D eigenvalue weighted by Crippen LogP contribution is 2.48. The van der Waals surface area contributed by atoms with E-state index in [1.807, 2.05) is 0 Å². The zero-order valence-electron chi connectivity index (χ0n) is 21.0. The lowest BCUT2D eigenvalue weighted by atomic mass is 10.1. The molecule has 6 atom stereocenters. The third-order valence-electron chi connectivity index (χ3n) is 5.46. The van der Waals surface area contributed by atoms with E-state index in [1.165, 1.54) is 13.3 Å². The molecule has 1 aliphatic heterocycles. The fourth-order valence-corrected chi connectivity index (χ4v) is 5.37. The van der Waals surface area contributed by atoms with Crippen LogP contribution < -0.4 is 11.2 Å². The van der Waals surface area contributed by atoms with Gasteiger partial charge in [0.2, 0.25) is 0 Å². The van der Waals surface area contributed by atoms with Crippen molar-refractivity contribution in [2.24, 2.45) is 0 Å². The van der Waals surface area contributed by atoms with Crippen LogP contribution in [0.4, 0.5) is 0 Å². The molecule has 1 aliphatic rings. The highest BCUT2D eigenvalue weighted by molar-refractivity contribution is 7.47. The molecule has 0 saturated carbocycles. The maximum absolute atomic E-state index is 12.6. The second-order valence-corrected chi connectivity index (χ2v) is 11.2. The molecule has 0 amide bonds. The zero-order chi connectivity index (χ0) is 28.2. The number of ether oxygens (including phenoxy) is 2. The number of hydrogen-bond acceptors (Lipinski definition) is 12. The summed E-state index contributed by atoms with van der Waals surface area (Å²) in [5.41, 5.74) is -1.43. The number of nitrogens with one attached hydrogen (secondary N) is 1. The number of aliphatic hydroxyl groups is 2. The Morgan fingerprint density at radius 2 is 1.61 bits per heavy atom. The summed E-state index contributed by atoms with van der Waals surface area (Å²) in [4.78, 5) is 46.2. The van der Waals surface area contributed by atoms with Gasteiger partial charge in [0.25, 0.3) is 5.56 Å². The number of methoxy groups -OCH3 is 1. The maximum Gasteiger partial charge on any atom is 0.472 e. The predicted molar refractivity (Wildman–Crippen MR) is 130 cm³/mol. The van der Waals surface area contributed by atoms with Crippen LogP contribution >= 0.6 is 15.6 Å². The van der Waals surface area contributed by atoms with Crippen molar-refractivity contribution in [2.75, 3.05) is 40.1 Å². The van der Waals surface area contributed by atoms with Crippen molar-refractivity contribution in [1.29, 1.82) is 0 Å². The molecule has 0 spiro atoms. The van der Waals surface area contributed by atoms with Gasteiger partial charge in [-0.3, -0.25) is 32.4 Å². The number of aromatic nitrogens is 2. The summed E-state index contributed by atoms with van der Waals surface area (Å²) in [6, 6.07) is 1.10. The summed E-state index contributed by atoms with van der Waals surface area (Å²) in [5.74, 6) is 0. The molecule has 1 aromatic rings. The van der Waals surface area contributed by atoms with Crippen molar-refractivity contribution >= 4 is 15.6 Å². The number of phosphoric ester groups is 2. The molecule has 0 aromatic carbocycles. The molecule has 2 unspecified atom stereocenters. The molecule has 1 fully saturated rings. The molecule has 5 N–H and O–H groups in total. The average molecular weight is 590 g/mol. The van der Waals surface area contributed by atoms with Crippen LogP contribution in [-0.2, 0) is 36.7 Å². The first kappa shape index (κ1) is 32.9. The molecule has 1 aromatic heterocycles. The molecule has 220 valence electrons. The Kier molecular flexibility index (Phi) is 14.0. The first-order valence-electron chi connectivity index (χ1n) is 12.0. The quantitative estimate of drug-likeness (QED) is 0.122. The maximum atomic E-state index is 12.6. The number of unbranched alkanes of at least 4 members (excludes halogenated alkanes) is 2. The minimum Gasteiger partial charge on any atom is -0.396 e. The molecule has 16 nitrogen and oxygen atoms in total. The van der Waals surface area contributed by atoms with Crippen molar-refractivity contribution in [3.63, 3.8) is 0 Å². The summed E-state index contributed by atoms with van der Waals surface area (Å²) < 4.78 is 57.5. The van der Waals surface area contributed by atoms with Crippen molar-refractivity contribution in [3.8, 4) is 0 Å². The third kappa shape index (κ3) is 11.5. The van der Waals surface area contributed by atoms with Gasteiger partial charge >= 0.3 is 21.3 Å². The summed E-state index contributed by atoms with van der Waals surface area (Å²) in [6.07, 6.45) is -1.93. The molecule has 38 heavy (non-hydrogen) atoms. The Bertz CT molecular complexity index is 1050. The number of H-pyrrole nitrogens is 1. The number of hydrogen-bond donors (Lipinski definition) is 5. The number of aromatic amines is 1. The Labute approximate surface area is 218 Å². The normalized spacial score (nSPS) is 25.4. The predicted octanol–water partition coefficient (Wildman–Crippen LogP) is 0.410. The topological polar surface area (TPSA) is 225 Å². The fourth-order valence-electron chi connectivity index (χ4n) is 3.60. The van der Waals surface area contributed by atoms with E-state index in [-0.39, 0.29) is 39.3 Å². The lowest BCUT2D eigenvalue weighted by Crippen LogP contribution is -2.35. The van der Waals surface area contributed by atoms with Gasteiger partial charge in [0, 0.05) is 45.4 Å². The number of phosphoric acid groups is 2. The third-order valence-corrected chi connectivity index (χ3v) is 7.49. The van der Waals surface area contributed by atoms with E-state index >= 15 is 0 Å². The fraction of sp³-hybridized carbons (Fsp3) is 0.800. The van der Waals surface area contributed by atoms with Gasteiger partial charge in [-0.1, -0.05) is 0 Å². The molecule has 2 heterocycles. The molecule has 0 radical (unpaired) electrons. The minimum absolute atomic E-state index is 0.0808. The molecule has 2 rings (SSSR count). The van der Waals surface area contributed by atoms with Gasteiger partial charge in [-0.15, -0.1) is 0 Å². The van der Waals surface area contributed by atoms with E-state index in [0.29, 0.717) is 25.7 Å². The molecule has 1 saturated heterocycles.